The first-order chi connectivity index (χ1) is 6.94. The first-order valence-electron chi connectivity index (χ1n) is 3.83. The van der Waals surface area contributed by atoms with Gasteiger partial charge in [0.2, 0.25) is 0 Å². The number of rotatable bonds is 1. The summed E-state index contributed by atoms with van der Waals surface area (Å²) in [6, 6.07) is 3.71. The number of alkyl halides is 3. The minimum atomic E-state index is -4.72. The Bertz CT molecular complexity index is 543. The van der Waals surface area contributed by atoms with E-state index in [9.17, 15) is 18.0 Å². The third kappa shape index (κ3) is 2.30. The molecule has 80 valence electrons. The van der Waals surface area contributed by atoms with Crippen LogP contribution in [0, 0.1) is 0 Å². The number of benzene rings is 1. The van der Waals surface area contributed by atoms with E-state index >= 15 is 0 Å². The molecule has 3 nitrogen and oxygen atoms in total. The Balaban J connectivity index is 2.42. The van der Waals surface area contributed by atoms with E-state index in [0.717, 1.165) is 17.4 Å². The van der Waals surface area contributed by atoms with Crippen molar-refractivity contribution in [3.8, 4) is 5.75 Å². The highest BCUT2D eigenvalue weighted by molar-refractivity contribution is 7.16. The molecule has 0 amide bonds. The second kappa shape index (κ2) is 3.27. The van der Waals surface area contributed by atoms with Gasteiger partial charge in [0.05, 0.1) is 10.2 Å². The fraction of sp³-hybridized carbons (Fsp3) is 0.125. The van der Waals surface area contributed by atoms with Gasteiger partial charge in [-0.05, 0) is 12.1 Å². The summed E-state index contributed by atoms with van der Waals surface area (Å²) < 4.78 is 39.9. The third-order valence-corrected chi connectivity index (χ3v) is 2.49. The van der Waals surface area contributed by atoms with Crippen LogP contribution in [-0.2, 0) is 0 Å². The minimum Gasteiger partial charge on any atom is -0.406 e. The van der Waals surface area contributed by atoms with Crippen LogP contribution in [0.1, 0.15) is 0 Å². The summed E-state index contributed by atoms with van der Waals surface area (Å²) in [4.78, 5) is 13.0. The average Bonchev–Trinajstić information content (AvgIpc) is 2.40. The molecule has 1 aromatic carbocycles. The van der Waals surface area contributed by atoms with Crippen LogP contribution in [0.25, 0.3) is 10.2 Å². The fourth-order valence-electron chi connectivity index (χ4n) is 1.13. The molecule has 7 heteroatoms. The second-order valence-electron chi connectivity index (χ2n) is 2.72. The highest BCUT2D eigenvalue weighted by atomic mass is 32.1. The monoisotopic (exact) mass is 235 g/mol. The van der Waals surface area contributed by atoms with Gasteiger partial charge >= 0.3 is 11.2 Å². The zero-order valence-electron chi connectivity index (χ0n) is 7.09. The summed E-state index contributed by atoms with van der Waals surface area (Å²) in [7, 11) is 0. The van der Waals surface area contributed by atoms with Gasteiger partial charge < -0.3 is 9.72 Å². The lowest BCUT2D eigenvalue weighted by molar-refractivity contribution is -0.274. The molecule has 1 heterocycles. The molecule has 0 spiro atoms. The zero-order valence-corrected chi connectivity index (χ0v) is 7.91. The van der Waals surface area contributed by atoms with Crippen LogP contribution < -0.4 is 9.61 Å². The molecule has 0 radical (unpaired) electrons. The standard InChI is InChI=1S/C8H4F3NO2S/c9-8(10,11)14-4-1-2-6-5(3-4)12-7(13)15-6/h1-3H,(H,12,13). The van der Waals surface area contributed by atoms with E-state index in [2.05, 4.69) is 9.72 Å². The van der Waals surface area contributed by atoms with Gasteiger partial charge in [-0.25, -0.2) is 0 Å². The molecule has 0 unspecified atom stereocenters. The molecule has 2 aromatic rings. The molecule has 1 N–H and O–H groups in total. The predicted molar refractivity (Wildman–Crippen MR) is 49.1 cm³/mol. The number of ether oxygens (including phenoxy) is 1. The summed E-state index contributed by atoms with van der Waals surface area (Å²) >= 11 is 0.931. The number of fused-ring (bicyclic) bond motifs is 1. The van der Waals surface area contributed by atoms with Crippen LogP contribution in [0.3, 0.4) is 0 Å². The molecular weight excluding hydrogens is 231 g/mol. The second-order valence-corrected chi connectivity index (χ2v) is 3.74. The summed E-state index contributed by atoms with van der Waals surface area (Å²) in [5.41, 5.74) is 0.340. The lowest BCUT2D eigenvalue weighted by Crippen LogP contribution is -2.16. The van der Waals surface area contributed by atoms with Gasteiger partial charge in [-0.1, -0.05) is 11.3 Å². The van der Waals surface area contributed by atoms with Gasteiger partial charge in [0.15, 0.2) is 0 Å². The molecule has 0 atom stereocenters. The Hall–Kier alpha value is -1.50. The van der Waals surface area contributed by atoms with E-state index in [4.69, 9.17) is 0 Å². The van der Waals surface area contributed by atoms with E-state index in [1.807, 2.05) is 0 Å². The average molecular weight is 235 g/mol. The molecule has 0 bridgehead atoms. The van der Waals surface area contributed by atoms with Crippen LogP contribution in [0.4, 0.5) is 13.2 Å². The van der Waals surface area contributed by atoms with Gasteiger partial charge in [-0.2, -0.15) is 0 Å². The third-order valence-electron chi connectivity index (χ3n) is 1.62. The van der Waals surface area contributed by atoms with Crippen LogP contribution >= 0.6 is 11.3 Å². The van der Waals surface area contributed by atoms with Crippen molar-refractivity contribution < 1.29 is 17.9 Å². The minimum absolute atomic E-state index is 0.311. The molecule has 0 aliphatic heterocycles. The summed E-state index contributed by atoms with van der Waals surface area (Å²) in [6.07, 6.45) is -4.72. The van der Waals surface area contributed by atoms with E-state index in [0.29, 0.717) is 10.2 Å². The number of halogens is 3. The number of aromatic amines is 1. The Morgan fingerprint density at radius 1 is 1.33 bits per heavy atom. The van der Waals surface area contributed by atoms with Crippen LogP contribution in [0.2, 0.25) is 0 Å². The topological polar surface area (TPSA) is 42.1 Å². The molecule has 0 saturated heterocycles. The highest BCUT2D eigenvalue weighted by Gasteiger charge is 2.31. The van der Waals surface area contributed by atoms with Crippen molar-refractivity contribution in [1.29, 1.82) is 0 Å². The van der Waals surface area contributed by atoms with E-state index in [-0.39, 0.29) is 10.6 Å². The fourth-order valence-corrected chi connectivity index (χ4v) is 1.84. The normalized spacial score (nSPS) is 11.9. The largest absolute Gasteiger partial charge is 0.573 e. The maximum atomic E-state index is 11.9. The van der Waals surface area contributed by atoms with Crippen molar-refractivity contribution in [3.05, 3.63) is 27.9 Å². The number of hydrogen-bond donors (Lipinski definition) is 1. The lowest BCUT2D eigenvalue weighted by Gasteiger charge is -2.07. The van der Waals surface area contributed by atoms with Crippen molar-refractivity contribution in [3.63, 3.8) is 0 Å². The Morgan fingerprint density at radius 3 is 2.73 bits per heavy atom. The summed E-state index contributed by atoms with van der Waals surface area (Å²) in [5, 5.41) is 0. The van der Waals surface area contributed by atoms with E-state index < -0.39 is 6.36 Å². The van der Waals surface area contributed by atoms with Crippen LogP contribution in [0.15, 0.2) is 23.0 Å². The van der Waals surface area contributed by atoms with Crippen molar-refractivity contribution in [2.75, 3.05) is 0 Å². The molecule has 0 aliphatic carbocycles. The highest BCUT2D eigenvalue weighted by Crippen LogP contribution is 2.26. The van der Waals surface area contributed by atoms with Crippen molar-refractivity contribution in [2.45, 2.75) is 6.36 Å². The first kappa shape index (κ1) is 10.0. The molecule has 1 aromatic heterocycles. The van der Waals surface area contributed by atoms with Crippen molar-refractivity contribution in [2.24, 2.45) is 0 Å². The Morgan fingerprint density at radius 2 is 2.07 bits per heavy atom. The molecule has 0 fully saturated rings. The molecule has 0 aliphatic rings. The molecule has 15 heavy (non-hydrogen) atoms. The SMILES string of the molecule is O=c1[nH]c2cc(OC(F)(F)F)ccc2s1. The van der Waals surface area contributed by atoms with Gasteiger partial charge in [0.25, 0.3) is 0 Å². The van der Waals surface area contributed by atoms with Gasteiger partial charge in [-0.3, -0.25) is 4.79 Å². The quantitative estimate of drug-likeness (QED) is 0.825. The maximum Gasteiger partial charge on any atom is 0.573 e. The number of aromatic nitrogens is 1. The van der Waals surface area contributed by atoms with Crippen molar-refractivity contribution >= 4 is 21.6 Å². The lowest BCUT2D eigenvalue weighted by atomic mass is 10.3. The van der Waals surface area contributed by atoms with E-state index in [1.165, 1.54) is 12.1 Å². The van der Waals surface area contributed by atoms with Gasteiger partial charge in [-0.15, -0.1) is 13.2 Å². The van der Waals surface area contributed by atoms with E-state index in [1.54, 1.807) is 0 Å². The summed E-state index contributed by atoms with van der Waals surface area (Å²) in [5.74, 6) is -0.343. The zero-order chi connectivity index (χ0) is 11.1. The number of hydrogen-bond acceptors (Lipinski definition) is 3. The van der Waals surface area contributed by atoms with Crippen molar-refractivity contribution in [1.82, 2.24) is 4.98 Å². The van der Waals surface area contributed by atoms with Gasteiger partial charge in [0, 0.05) is 6.07 Å². The first-order valence-corrected chi connectivity index (χ1v) is 4.64. The van der Waals surface area contributed by atoms with Crippen LogP contribution in [-0.4, -0.2) is 11.3 Å². The number of H-pyrrole nitrogens is 1. The molecule has 2 rings (SSSR count). The number of thiazole rings is 1. The smallest absolute Gasteiger partial charge is 0.406 e. The Labute approximate surface area is 85.1 Å². The summed E-state index contributed by atoms with van der Waals surface area (Å²) in [6.45, 7) is 0. The van der Waals surface area contributed by atoms with Gasteiger partial charge in [0.1, 0.15) is 5.75 Å². The molecule has 0 saturated carbocycles. The predicted octanol–water partition coefficient (Wildman–Crippen LogP) is 2.49. The Kier molecular flexibility index (Phi) is 2.18. The maximum absolute atomic E-state index is 11.9. The molecular formula is C8H4F3NO2S. The number of nitrogens with one attached hydrogen (secondary N) is 1. The van der Waals surface area contributed by atoms with Crippen LogP contribution in [0.5, 0.6) is 5.75 Å².